The number of nitrogens with zero attached hydrogens (tertiary/aromatic N) is 1. The topological polar surface area (TPSA) is 32.3 Å². The number of hydrogen-bond acceptors (Lipinski definition) is 2. The lowest BCUT2D eigenvalue weighted by Gasteiger charge is -2.21. The molecule has 1 aromatic carbocycles. The van der Waals surface area contributed by atoms with Crippen LogP contribution in [-0.4, -0.2) is 19.5 Å². The number of carbonyl (C=O) groups is 1. The Bertz CT molecular complexity index is 445. The molecular formula is C12H15ClN2O. The Labute approximate surface area is 100 Å². The number of amides is 1. The van der Waals surface area contributed by atoms with Gasteiger partial charge in [0.15, 0.2) is 0 Å². The van der Waals surface area contributed by atoms with Crippen molar-refractivity contribution in [3.63, 3.8) is 0 Å². The highest BCUT2D eigenvalue weighted by Gasteiger charge is 2.25. The van der Waals surface area contributed by atoms with E-state index < -0.39 is 0 Å². The minimum Gasteiger partial charge on any atom is -0.383 e. The molecule has 2 rings (SSSR count). The summed E-state index contributed by atoms with van der Waals surface area (Å²) in [4.78, 5) is 13.7. The number of aryl methyl sites for hydroxylation is 1. The Hall–Kier alpha value is -1.22. The normalized spacial score (nSPS) is 20.1. The molecule has 1 unspecified atom stereocenters. The Morgan fingerprint density at radius 1 is 1.50 bits per heavy atom. The van der Waals surface area contributed by atoms with Gasteiger partial charge in [-0.1, -0.05) is 18.5 Å². The van der Waals surface area contributed by atoms with E-state index >= 15 is 0 Å². The van der Waals surface area contributed by atoms with Crippen LogP contribution in [0.5, 0.6) is 0 Å². The largest absolute Gasteiger partial charge is 0.383 e. The monoisotopic (exact) mass is 238 g/mol. The van der Waals surface area contributed by atoms with E-state index in [1.54, 1.807) is 4.90 Å². The molecule has 1 N–H and O–H groups in total. The predicted octanol–water partition coefficient (Wildman–Crippen LogP) is 2.67. The number of carbonyl (C=O) groups excluding carboxylic acids is 1. The zero-order valence-corrected chi connectivity index (χ0v) is 10.4. The average molecular weight is 239 g/mol. The van der Waals surface area contributed by atoms with Crippen LogP contribution in [0, 0.1) is 12.8 Å². The summed E-state index contributed by atoms with van der Waals surface area (Å²) in [6.45, 7) is 4.54. The van der Waals surface area contributed by atoms with E-state index in [2.05, 4.69) is 5.32 Å². The second kappa shape index (κ2) is 3.98. The van der Waals surface area contributed by atoms with Crippen LogP contribution >= 0.6 is 11.6 Å². The van der Waals surface area contributed by atoms with Crippen LogP contribution in [0.3, 0.4) is 0 Å². The van der Waals surface area contributed by atoms with Crippen molar-refractivity contribution >= 4 is 28.9 Å². The number of nitrogens with one attached hydrogen (secondary N) is 1. The molecule has 0 bridgehead atoms. The second-order valence-electron chi connectivity index (χ2n) is 4.30. The van der Waals surface area contributed by atoms with E-state index in [0.717, 1.165) is 16.9 Å². The molecule has 0 saturated heterocycles. The third kappa shape index (κ3) is 1.76. The zero-order chi connectivity index (χ0) is 11.9. The molecule has 1 aliphatic rings. The van der Waals surface area contributed by atoms with Gasteiger partial charge in [-0.15, -0.1) is 0 Å². The molecule has 3 nitrogen and oxygen atoms in total. The smallest absolute Gasteiger partial charge is 0.231 e. The quantitative estimate of drug-likeness (QED) is 0.754. The number of fused-ring (bicyclic) bond motifs is 1. The van der Waals surface area contributed by atoms with Gasteiger partial charge in [0.25, 0.3) is 0 Å². The van der Waals surface area contributed by atoms with E-state index in [9.17, 15) is 4.79 Å². The van der Waals surface area contributed by atoms with Crippen LogP contribution < -0.4 is 10.2 Å². The fourth-order valence-electron chi connectivity index (χ4n) is 2.11. The number of halogens is 1. The van der Waals surface area contributed by atoms with Crippen molar-refractivity contribution in [1.82, 2.24) is 0 Å². The Morgan fingerprint density at radius 3 is 2.88 bits per heavy atom. The third-order valence-electron chi connectivity index (χ3n) is 2.95. The molecule has 1 aromatic rings. The first kappa shape index (κ1) is 11.3. The number of rotatable bonds is 0. The van der Waals surface area contributed by atoms with Gasteiger partial charge in [0.2, 0.25) is 5.91 Å². The van der Waals surface area contributed by atoms with Crippen molar-refractivity contribution in [2.75, 3.05) is 23.8 Å². The van der Waals surface area contributed by atoms with Crippen LogP contribution in [-0.2, 0) is 4.79 Å². The Balaban J connectivity index is 2.57. The van der Waals surface area contributed by atoms with Crippen LogP contribution in [0.4, 0.5) is 11.4 Å². The predicted molar refractivity (Wildman–Crippen MR) is 67.3 cm³/mol. The maximum atomic E-state index is 12.0. The molecular weight excluding hydrogens is 224 g/mol. The molecule has 4 heteroatoms. The molecule has 0 spiro atoms. The lowest BCUT2D eigenvalue weighted by molar-refractivity contribution is -0.121. The maximum Gasteiger partial charge on any atom is 0.231 e. The van der Waals surface area contributed by atoms with Gasteiger partial charge < -0.3 is 10.2 Å². The van der Waals surface area contributed by atoms with E-state index in [1.807, 2.05) is 33.0 Å². The van der Waals surface area contributed by atoms with Gasteiger partial charge in [-0.25, -0.2) is 0 Å². The molecule has 1 atom stereocenters. The van der Waals surface area contributed by atoms with Gasteiger partial charge in [0.1, 0.15) is 0 Å². The number of hydrogen-bond donors (Lipinski definition) is 1. The second-order valence-corrected chi connectivity index (χ2v) is 4.73. The van der Waals surface area contributed by atoms with Crippen molar-refractivity contribution in [2.24, 2.45) is 5.92 Å². The molecule has 1 heterocycles. The first-order valence-corrected chi connectivity index (χ1v) is 5.70. The van der Waals surface area contributed by atoms with Gasteiger partial charge in [0.05, 0.1) is 17.3 Å². The highest BCUT2D eigenvalue weighted by molar-refractivity contribution is 6.31. The standard InChI is InChI=1S/C12H15ClN2O/c1-7-4-9(13)5-10-11(7)15(3)12(16)8(2)6-14-10/h4-5,8,14H,6H2,1-3H3. The summed E-state index contributed by atoms with van der Waals surface area (Å²) < 4.78 is 0. The van der Waals surface area contributed by atoms with Gasteiger partial charge in [-0.05, 0) is 24.6 Å². The van der Waals surface area contributed by atoms with E-state index in [-0.39, 0.29) is 11.8 Å². The molecule has 1 amide bonds. The van der Waals surface area contributed by atoms with Gasteiger partial charge >= 0.3 is 0 Å². The summed E-state index contributed by atoms with van der Waals surface area (Å²) in [7, 11) is 1.81. The van der Waals surface area contributed by atoms with Crippen molar-refractivity contribution in [3.8, 4) is 0 Å². The SMILES string of the molecule is Cc1cc(Cl)cc2c1N(C)C(=O)C(C)CN2. The molecule has 0 saturated carbocycles. The minimum absolute atomic E-state index is 0.0180. The fourth-order valence-corrected chi connectivity index (χ4v) is 2.38. The van der Waals surface area contributed by atoms with Gasteiger partial charge in [0, 0.05) is 18.6 Å². The first-order valence-electron chi connectivity index (χ1n) is 5.32. The summed E-state index contributed by atoms with van der Waals surface area (Å²) in [5, 5.41) is 3.96. The number of benzene rings is 1. The highest BCUT2D eigenvalue weighted by atomic mass is 35.5. The highest BCUT2D eigenvalue weighted by Crippen LogP contribution is 2.35. The van der Waals surface area contributed by atoms with Crippen molar-refractivity contribution in [3.05, 3.63) is 22.7 Å². The molecule has 0 radical (unpaired) electrons. The summed E-state index contributed by atoms with van der Waals surface area (Å²) in [5.41, 5.74) is 2.88. The summed E-state index contributed by atoms with van der Waals surface area (Å²) in [6, 6.07) is 3.74. The Morgan fingerprint density at radius 2 is 2.19 bits per heavy atom. The minimum atomic E-state index is -0.0180. The Kier molecular flexibility index (Phi) is 2.80. The fraction of sp³-hybridized carbons (Fsp3) is 0.417. The van der Waals surface area contributed by atoms with Gasteiger partial charge in [-0.3, -0.25) is 4.79 Å². The van der Waals surface area contributed by atoms with E-state index in [0.29, 0.717) is 11.6 Å². The number of anilines is 2. The first-order chi connectivity index (χ1) is 7.50. The average Bonchev–Trinajstić information content (AvgIpc) is 2.31. The van der Waals surface area contributed by atoms with E-state index in [4.69, 9.17) is 11.6 Å². The van der Waals surface area contributed by atoms with Crippen LogP contribution in [0.15, 0.2) is 12.1 Å². The van der Waals surface area contributed by atoms with Crippen molar-refractivity contribution in [2.45, 2.75) is 13.8 Å². The lowest BCUT2D eigenvalue weighted by atomic mass is 10.1. The van der Waals surface area contributed by atoms with E-state index in [1.165, 1.54) is 0 Å². The molecule has 0 aliphatic carbocycles. The molecule has 86 valence electrons. The molecule has 16 heavy (non-hydrogen) atoms. The summed E-state index contributed by atoms with van der Waals surface area (Å²) >= 11 is 6.01. The molecule has 0 aromatic heterocycles. The van der Waals surface area contributed by atoms with Crippen molar-refractivity contribution < 1.29 is 4.79 Å². The van der Waals surface area contributed by atoms with Gasteiger partial charge in [-0.2, -0.15) is 0 Å². The summed E-state index contributed by atoms with van der Waals surface area (Å²) in [5.74, 6) is 0.118. The maximum absolute atomic E-state index is 12.0. The third-order valence-corrected chi connectivity index (χ3v) is 3.17. The summed E-state index contributed by atoms with van der Waals surface area (Å²) in [6.07, 6.45) is 0. The molecule has 0 fully saturated rings. The zero-order valence-electron chi connectivity index (χ0n) is 9.67. The lowest BCUT2D eigenvalue weighted by Crippen LogP contribution is -2.32. The van der Waals surface area contributed by atoms with Crippen molar-refractivity contribution in [1.29, 1.82) is 0 Å². The van der Waals surface area contributed by atoms with Crippen LogP contribution in [0.25, 0.3) is 0 Å². The van der Waals surface area contributed by atoms with Crippen LogP contribution in [0.1, 0.15) is 12.5 Å². The van der Waals surface area contributed by atoms with Crippen LogP contribution in [0.2, 0.25) is 5.02 Å². The molecule has 1 aliphatic heterocycles.